The van der Waals surface area contributed by atoms with Crippen molar-refractivity contribution in [3.63, 3.8) is 0 Å². The van der Waals surface area contributed by atoms with Gasteiger partial charge in [0.05, 0.1) is 25.8 Å². The summed E-state index contributed by atoms with van der Waals surface area (Å²) in [6, 6.07) is 7.50. The van der Waals surface area contributed by atoms with Gasteiger partial charge in [0.15, 0.2) is 5.66 Å². The molecule has 4 amide bonds. The van der Waals surface area contributed by atoms with Crippen LogP contribution < -0.4 is 9.80 Å². The lowest BCUT2D eigenvalue weighted by atomic mass is 9.97. The van der Waals surface area contributed by atoms with E-state index in [2.05, 4.69) is 0 Å². The van der Waals surface area contributed by atoms with Crippen molar-refractivity contribution < 1.29 is 14.5 Å². The fourth-order valence-electron chi connectivity index (χ4n) is 4.45. The summed E-state index contributed by atoms with van der Waals surface area (Å²) in [5.74, 6) is 0. The van der Waals surface area contributed by atoms with Gasteiger partial charge in [-0.15, -0.1) is 0 Å². The van der Waals surface area contributed by atoms with E-state index in [1.165, 1.54) is 40.1 Å². The molecule has 1 atom stereocenters. The van der Waals surface area contributed by atoms with E-state index in [-0.39, 0.29) is 38.7 Å². The van der Waals surface area contributed by atoms with Gasteiger partial charge in [-0.05, 0) is 55.7 Å². The second-order valence-corrected chi connectivity index (χ2v) is 9.50. The highest BCUT2D eigenvalue weighted by Gasteiger charge is 2.58. The van der Waals surface area contributed by atoms with Gasteiger partial charge in [-0.1, -0.05) is 52.8 Å². The maximum Gasteiger partial charge on any atom is 0.339 e. The zero-order valence-electron chi connectivity index (χ0n) is 17.1. The fourth-order valence-corrected chi connectivity index (χ4v) is 5.03. The third-order valence-corrected chi connectivity index (χ3v) is 7.37. The molecule has 8 nitrogen and oxygen atoms in total. The molecule has 2 saturated heterocycles. The van der Waals surface area contributed by atoms with Crippen molar-refractivity contribution in [3.8, 4) is 0 Å². The monoisotopic (exact) mass is 530 g/mol. The largest absolute Gasteiger partial charge is 0.339 e. The third kappa shape index (κ3) is 4.21. The summed E-state index contributed by atoms with van der Waals surface area (Å²) in [7, 11) is 0. The van der Waals surface area contributed by atoms with E-state index in [0.29, 0.717) is 18.5 Å². The normalized spacial score (nSPS) is 21.2. The Labute approximate surface area is 209 Å². The van der Waals surface area contributed by atoms with Gasteiger partial charge in [0.25, 0.3) is 0 Å². The Bertz CT molecular complexity index is 1150. The number of hydrogen-bond donors (Lipinski definition) is 0. The van der Waals surface area contributed by atoms with Crippen molar-refractivity contribution in [3.05, 3.63) is 66.6 Å². The highest BCUT2D eigenvalue weighted by molar-refractivity contribution is 6.43. The van der Waals surface area contributed by atoms with E-state index in [9.17, 15) is 19.7 Å². The first-order chi connectivity index (χ1) is 15.7. The van der Waals surface area contributed by atoms with Crippen LogP contribution in [0.3, 0.4) is 0 Å². The maximum atomic E-state index is 13.9. The molecule has 33 heavy (non-hydrogen) atoms. The van der Waals surface area contributed by atoms with Crippen molar-refractivity contribution in [2.45, 2.75) is 31.3 Å². The molecule has 0 spiro atoms. The Hall–Kier alpha value is -2.26. The minimum atomic E-state index is -1.50. The average molecular weight is 532 g/mol. The summed E-state index contributed by atoms with van der Waals surface area (Å²) < 4.78 is 0. The van der Waals surface area contributed by atoms with Crippen molar-refractivity contribution in [1.29, 1.82) is 0 Å². The minimum Gasteiger partial charge on any atom is -0.294 e. The van der Waals surface area contributed by atoms with Crippen molar-refractivity contribution in [2.24, 2.45) is 0 Å². The van der Waals surface area contributed by atoms with E-state index in [1.54, 1.807) is 6.07 Å². The number of carbonyl (C=O) groups excluding carboxylic acids is 2. The Kier molecular flexibility index (Phi) is 6.64. The molecule has 2 aliphatic rings. The fraction of sp³-hybridized carbons (Fsp3) is 0.333. The highest BCUT2D eigenvalue weighted by Crippen LogP contribution is 2.43. The van der Waals surface area contributed by atoms with Crippen LogP contribution in [0, 0.1) is 10.1 Å². The minimum absolute atomic E-state index is 0.161. The topological polar surface area (TPSA) is 87.0 Å². The van der Waals surface area contributed by atoms with Crippen LogP contribution in [0.2, 0.25) is 20.1 Å². The molecule has 2 fully saturated rings. The molecule has 1 unspecified atom stereocenters. The molecule has 174 valence electrons. The van der Waals surface area contributed by atoms with Gasteiger partial charge in [-0.2, -0.15) is 0 Å². The number of imide groups is 1. The van der Waals surface area contributed by atoms with Crippen molar-refractivity contribution in [2.75, 3.05) is 22.9 Å². The zero-order chi connectivity index (χ0) is 23.9. The Morgan fingerprint density at radius 1 is 0.848 bits per heavy atom. The van der Waals surface area contributed by atoms with Gasteiger partial charge in [-0.25, -0.2) is 14.5 Å². The van der Waals surface area contributed by atoms with Crippen LogP contribution in [0.25, 0.3) is 0 Å². The second kappa shape index (κ2) is 9.18. The highest BCUT2D eigenvalue weighted by atomic mass is 35.5. The number of rotatable bonds is 4. The molecule has 2 heterocycles. The number of urea groups is 2. The van der Waals surface area contributed by atoms with E-state index in [0.717, 1.165) is 11.3 Å². The molecular formula is C21H18Cl4N4O4. The zero-order valence-corrected chi connectivity index (χ0v) is 20.2. The number of hydrogen-bond acceptors (Lipinski definition) is 4. The van der Waals surface area contributed by atoms with Crippen molar-refractivity contribution in [1.82, 2.24) is 4.90 Å². The molecule has 0 radical (unpaired) electrons. The number of carbonyl (C=O) groups is 2. The molecule has 0 aliphatic carbocycles. The van der Waals surface area contributed by atoms with Gasteiger partial charge < -0.3 is 0 Å². The SMILES string of the molecule is O=C1N(c2ccc(Cl)c(Cl)c2)C(=O)N(c2ccc(Cl)c(Cl)c2)C2(C[N+](=O)[O-])CCCCCN12. The molecule has 0 N–H and O–H groups in total. The summed E-state index contributed by atoms with van der Waals surface area (Å²) in [5, 5.41) is 12.7. The Morgan fingerprint density at radius 2 is 1.45 bits per heavy atom. The number of anilines is 2. The molecule has 0 aromatic heterocycles. The van der Waals surface area contributed by atoms with E-state index in [1.807, 2.05) is 0 Å². The first-order valence-corrected chi connectivity index (χ1v) is 11.6. The summed E-state index contributed by atoms with van der Waals surface area (Å²) >= 11 is 24.5. The molecule has 0 bridgehead atoms. The number of fused-ring (bicyclic) bond motifs is 1. The van der Waals surface area contributed by atoms with E-state index in [4.69, 9.17) is 46.4 Å². The third-order valence-electron chi connectivity index (χ3n) is 5.89. The average Bonchev–Trinajstić information content (AvgIpc) is 2.95. The van der Waals surface area contributed by atoms with Crippen LogP contribution in [0.5, 0.6) is 0 Å². The quantitative estimate of drug-likeness (QED) is 0.323. The van der Waals surface area contributed by atoms with E-state index < -0.39 is 29.2 Å². The summed E-state index contributed by atoms with van der Waals surface area (Å²) in [5.41, 5.74) is -1.01. The summed E-state index contributed by atoms with van der Waals surface area (Å²) in [4.78, 5) is 42.5. The molecule has 0 saturated carbocycles. The molecule has 2 aliphatic heterocycles. The number of nitro groups is 1. The lowest BCUT2D eigenvalue weighted by Crippen LogP contribution is -2.76. The Morgan fingerprint density at radius 3 is 2.06 bits per heavy atom. The molecule has 12 heteroatoms. The summed E-state index contributed by atoms with van der Waals surface area (Å²) in [6.07, 6.45) is 2.25. The van der Waals surface area contributed by atoms with E-state index >= 15 is 0 Å². The first kappa shape index (κ1) is 23.9. The van der Waals surface area contributed by atoms with Crippen molar-refractivity contribution >= 4 is 69.8 Å². The standard InChI is InChI=1S/C21H18Cl4N4O4/c22-15-6-4-13(10-17(15)24)28-19(30)26-9-3-1-2-8-21(26,12-27(32)33)29(20(28)31)14-5-7-16(23)18(25)11-14/h4-7,10-11H,1-3,8-9,12H2. The van der Waals surface area contributed by atoms with Gasteiger partial charge in [0, 0.05) is 17.2 Å². The number of benzene rings is 2. The smallest absolute Gasteiger partial charge is 0.294 e. The summed E-state index contributed by atoms with van der Waals surface area (Å²) in [6.45, 7) is -0.393. The molecule has 4 rings (SSSR count). The van der Waals surface area contributed by atoms with Crippen LogP contribution in [-0.4, -0.2) is 40.6 Å². The predicted octanol–water partition coefficient (Wildman–Crippen LogP) is 6.72. The lowest BCUT2D eigenvalue weighted by molar-refractivity contribution is -0.494. The predicted molar refractivity (Wildman–Crippen MR) is 128 cm³/mol. The van der Waals surface area contributed by atoms with Gasteiger partial charge >= 0.3 is 12.1 Å². The lowest BCUT2D eigenvalue weighted by Gasteiger charge is -2.53. The molecular weight excluding hydrogens is 514 g/mol. The van der Waals surface area contributed by atoms with Crippen LogP contribution in [0.1, 0.15) is 25.7 Å². The Balaban J connectivity index is 1.94. The van der Waals surface area contributed by atoms with Gasteiger partial charge in [0.2, 0.25) is 6.54 Å². The number of halogens is 4. The van der Waals surface area contributed by atoms with Crippen LogP contribution in [0.4, 0.5) is 21.0 Å². The van der Waals surface area contributed by atoms with Gasteiger partial charge in [-0.3, -0.25) is 19.9 Å². The molecule has 2 aromatic rings. The van der Waals surface area contributed by atoms with Crippen LogP contribution >= 0.6 is 46.4 Å². The van der Waals surface area contributed by atoms with Crippen LogP contribution in [-0.2, 0) is 0 Å². The van der Waals surface area contributed by atoms with Crippen LogP contribution in [0.15, 0.2) is 36.4 Å². The van der Waals surface area contributed by atoms with Gasteiger partial charge in [0.1, 0.15) is 0 Å². The second-order valence-electron chi connectivity index (χ2n) is 7.87. The number of nitrogens with zero attached hydrogens (tertiary/aromatic N) is 4. The number of amides is 4. The molecule has 2 aromatic carbocycles. The first-order valence-electron chi connectivity index (χ1n) is 10.1. The maximum absolute atomic E-state index is 13.9.